The Morgan fingerprint density at radius 3 is 2.56 bits per heavy atom. The van der Waals surface area contributed by atoms with E-state index >= 15 is 0 Å². The van der Waals surface area contributed by atoms with Crippen LogP contribution in [0.5, 0.6) is 0 Å². The number of fused-ring (bicyclic) bond motifs is 3. The smallest absolute Gasteiger partial charge is 0.268 e. The van der Waals surface area contributed by atoms with Crippen LogP contribution in [0.1, 0.15) is 35.9 Å². The normalized spacial score (nSPS) is 11.5. The molecule has 0 radical (unpaired) electrons. The fraction of sp³-hybridized carbons (Fsp3) is 0.200. The Balaban J connectivity index is 1.62. The van der Waals surface area contributed by atoms with Crippen molar-refractivity contribution in [3.63, 3.8) is 0 Å². The first-order valence-electron chi connectivity index (χ1n) is 10.7. The molecule has 0 aliphatic carbocycles. The highest BCUT2D eigenvalue weighted by molar-refractivity contribution is 6.11. The molecule has 0 atom stereocenters. The molecule has 0 aliphatic heterocycles. The highest BCUT2D eigenvalue weighted by Crippen LogP contribution is 2.35. The van der Waals surface area contributed by atoms with Crippen LogP contribution >= 0.6 is 0 Å². The summed E-state index contributed by atoms with van der Waals surface area (Å²) < 4.78 is 4.13. The van der Waals surface area contributed by atoms with Crippen LogP contribution in [0.3, 0.4) is 0 Å². The molecule has 160 valence electrons. The second kappa shape index (κ2) is 8.26. The fourth-order valence-electron chi connectivity index (χ4n) is 4.25. The zero-order chi connectivity index (χ0) is 22.1. The number of nitrogens with one attached hydrogen (secondary N) is 1. The molecule has 0 spiro atoms. The Hall–Kier alpha value is -4.00. The minimum atomic E-state index is -0.156. The lowest BCUT2D eigenvalue weighted by molar-refractivity contribution is 0.0947. The molecule has 0 bridgehead atoms. The minimum Gasteiger partial charge on any atom is -0.350 e. The van der Waals surface area contributed by atoms with E-state index in [1.807, 2.05) is 41.1 Å². The largest absolute Gasteiger partial charge is 0.350 e. The zero-order valence-corrected chi connectivity index (χ0v) is 18.1. The molecule has 1 N–H and O–H groups in total. The standard InChI is InChI=1S/C25H24N6O/c1-17(2)30-20-9-4-3-8-19(20)23-21(30)15-22(31(23)25-28-12-6-13-29-25)24(32)27-14-10-18-7-5-11-26-16-18/h3-9,11-13,15-17H,10,14H2,1-2H3,(H,27,32). The van der Waals surface area contributed by atoms with E-state index in [2.05, 4.69) is 50.8 Å². The van der Waals surface area contributed by atoms with Crippen LogP contribution in [0.4, 0.5) is 0 Å². The van der Waals surface area contributed by atoms with Crippen molar-refractivity contribution in [3.05, 3.63) is 84.6 Å². The maximum absolute atomic E-state index is 13.3. The van der Waals surface area contributed by atoms with E-state index in [0.29, 0.717) is 24.6 Å². The highest BCUT2D eigenvalue weighted by Gasteiger charge is 2.24. The molecule has 5 aromatic rings. The van der Waals surface area contributed by atoms with Gasteiger partial charge in [0.05, 0.1) is 16.6 Å². The highest BCUT2D eigenvalue weighted by atomic mass is 16.1. The van der Waals surface area contributed by atoms with Gasteiger partial charge in [-0.2, -0.15) is 0 Å². The Kier molecular flexibility index (Phi) is 5.15. The van der Waals surface area contributed by atoms with Gasteiger partial charge >= 0.3 is 0 Å². The molecule has 0 unspecified atom stereocenters. The molecule has 7 heteroatoms. The van der Waals surface area contributed by atoms with Crippen molar-refractivity contribution < 1.29 is 4.79 Å². The first-order valence-corrected chi connectivity index (χ1v) is 10.7. The fourth-order valence-corrected chi connectivity index (χ4v) is 4.25. The van der Waals surface area contributed by atoms with Crippen molar-refractivity contribution in [2.45, 2.75) is 26.3 Å². The van der Waals surface area contributed by atoms with E-state index in [1.54, 1.807) is 24.7 Å². The van der Waals surface area contributed by atoms with Gasteiger partial charge in [-0.3, -0.25) is 14.3 Å². The maximum atomic E-state index is 13.3. The van der Waals surface area contributed by atoms with Gasteiger partial charge in [-0.15, -0.1) is 0 Å². The van der Waals surface area contributed by atoms with Crippen molar-refractivity contribution in [3.8, 4) is 5.95 Å². The Labute approximate surface area is 185 Å². The second-order valence-electron chi connectivity index (χ2n) is 8.00. The summed E-state index contributed by atoms with van der Waals surface area (Å²) in [5, 5.41) is 4.12. The Bertz CT molecular complexity index is 1390. The molecule has 0 saturated heterocycles. The average molecular weight is 425 g/mol. The van der Waals surface area contributed by atoms with Gasteiger partial charge in [0.2, 0.25) is 5.95 Å². The Morgan fingerprint density at radius 2 is 1.81 bits per heavy atom. The SMILES string of the molecule is CC(C)n1c2ccccc2c2c1cc(C(=O)NCCc1cccnc1)n2-c1ncccn1. The van der Waals surface area contributed by atoms with Crippen LogP contribution in [0.2, 0.25) is 0 Å². The number of hydrogen-bond acceptors (Lipinski definition) is 4. The number of benzene rings is 1. The molecule has 0 aliphatic rings. The van der Waals surface area contributed by atoms with Crippen LogP contribution in [0.15, 0.2) is 73.3 Å². The number of amides is 1. The minimum absolute atomic E-state index is 0.156. The number of carbonyl (C=O) groups is 1. The number of hydrogen-bond donors (Lipinski definition) is 1. The quantitative estimate of drug-likeness (QED) is 0.440. The number of para-hydroxylation sites is 1. The third-order valence-electron chi connectivity index (χ3n) is 5.58. The van der Waals surface area contributed by atoms with Crippen molar-refractivity contribution >= 4 is 27.8 Å². The van der Waals surface area contributed by atoms with Crippen LogP contribution < -0.4 is 5.32 Å². The van der Waals surface area contributed by atoms with Crippen LogP contribution in [0, 0.1) is 0 Å². The molecule has 0 saturated carbocycles. The molecular formula is C25H24N6O. The van der Waals surface area contributed by atoms with E-state index in [0.717, 1.165) is 27.5 Å². The number of rotatable bonds is 6. The summed E-state index contributed by atoms with van der Waals surface area (Å²) in [6, 6.07) is 16.1. The van der Waals surface area contributed by atoms with Gasteiger partial charge in [-0.05, 0) is 50.1 Å². The van der Waals surface area contributed by atoms with Gasteiger partial charge in [0, 0.05) is 42.8 Å². The van der Waals surface area contributed by atoms with Gasteiger partial charge in [-0.1, -0.05) is 24.3 Å². The zero-order valence-electron chi connectivity index (χ0n) is 18.1. The number of nitrogens with zero attached hydrogens (tertiary/aromatic N) is 5. The predicted octanol–water partition coefficient (Wildman–Crippen LogP) is 4.32. The van der Waals surface area contributed by atoms with Crippen molar-refractivity contribution in [2.24, 2.45) is 0 Å². The summed E-state index contributed by atoms with van der Waals surface area (Å²) in [5.41, 5.74) is 4.66. The average Bonchev–Trinajstić information content (AvgIpc) is 3.35. The first kappa shape index (κ1) is 19.9. The van der Waals surface area contributed by atoms with Crippen molar-refractivity contribution in [2.75, 3.05) is 6.54 Å². The lowest BCUT2D eigenvalue weighted by atomic mass is 10.2. The van der Waals surface area contributed by atoms with Crippen LogP contribution in [-0.2, 0) is 6.42 Å². The topological polar surface area (TPSA) is 77.6 Å². The monoisotopic (exact) mass is 424 g/mol. The van der Waals surface area contributed by atoms with Gasteiger partial charge in [0.1, 0.15) is 5.69 Å². The summed E-state index contributed by atoms with van der Waals surface area (Å²) in [6.07, 6.45) is 7.66. The third-order valence-corrected chi connectivity index (χ3v) is 5.58. The molecule has 5 rings (SSSR count). The van der Waals surface area contributed by atoms with Gasteiger partial charge < -0.3 is 9.88 Å². The van der Waals surface area contributed by atoms with Crippen molar-refractivity contribution in [1.82, 2.24) is 29.4 Å². The molecule has 1 aromatic carbocycles. The van der Waals surface area contributed by atoms with Crippen LogP contribution in [0.25, 0.3) is 27.9 Å². The lowest BCUT2D eigenvalue weighted by Crippen LogP contribution is -2.28. The van der Waals surface area contributed by atoms with Crippen LogP contribution in [-0.4, -0.2) is 36.5 Å². The lowest BCUT2D eigenvalue weighted by Gasteiger charge is -2.11. The molecule has 4 heterocycles. The maximum Gasteiger partial charge on any atom is 0.268 e. The number of aromatic nitrogens is 5. The summed E-state index contributed by atoms with van der Waals surface area (Å²) in [6.45, 7) is 4.81. The van der Waals surface area contributed by atoms with E-state index in [-0.39, 0.29) is 11.9 Å². The summed E-state index contributed by atoms with van der Waals surface area (Å²) in [5.74, 6) is 0.323. The van der Waals surface area contributed by atoms with E-state index in [1.165, 1.54) is 0 Å². The summed E-state index contributed by atoms with van der Waals surface area (Å²) >= 11 is 0. The summed E-state index contributed by atoms with van der Waals surface area (Å²) in [7, 11) is 0. The van der Waals surface area contributed by atoms with E-state index in [4.69, 9.17) is 0 Å². The molecule has 1 amide bonds. The van der Waals surface area contributed by atoms with Gasteiger partial charge in [0.25, 0.3) is 5.91 Å². The molecular weight excluding hydrogens is 400 g/mol. The van der Waals surface area contributed by atoms with E-state index < -0.39 is 0 Å². The van der Waals surface area contributed by atoms with Gasteiger partial charge in [-0.25, -0.2) is 9.97 Å². The van der Waals surface area contributed by atoms with Gasteiger partial charge in [0.15, 0.2) is 0 Å². The predicted molar refractivity (Wildman–Crippen MR) is 125 cm³/mol. The van der Waals surface area contributed by atoms with E-state index in [9.17, 15) is 4.79 Å². The molecule has 4 aromatic heterocycles. The molecule has 7 nitrogen and oxygen atoms in total. The summed E-state index contributed by atoms with van der Waals surface area (Å²) in [4.78, 5) is 26.4. The molecule has 0 fully saturated rings. The number of pyridine rings is 1. The first-order chi connectivity index (χ1) is 15.6. The van der Waals surface area contributed by atoms with Crippen molar-refractivity contribution in [1.29, 1.82) is 0 Å². The third kappa shape index (κ3) is 3.41. The second-order valence-corrected chi connectivity index (χ2v) is 8.00. The number of carbonyl (C=O) groups excluding carboxylic acids is 1. The molecule has 32 heavy (non-hydrogen) atoms. The Morgan fingerprint density at radius 1 is 1.00 bits per heavy atom.